The summed E-state index contributed by atoms with van der Waals surface area (Å²) in [5.41, 5.74) is 5.61. The molecule has 15 heavy (non-hydrogen) atoms. The Labute approximate surface area is 89.1 Å². The number of nitrogens with two attached hydrogens (primary N) is 1. The van der Waals surface area contributed by atoms with E-state index in [-0.39, 0.29) is 5.82 Å². The maximum Gasteiger partial charge on any atom is 0.238 e. The predicted molar refractivity (Wildman–Crippen MR) is 58.4 cm³/mol. The highest BCUT2D eigenvalue weighted by atomic mass is 16.5. The second-order valence-corrected chi connectivity index (χ2v) is 3.93. The maximum atomic E-state index is 11.3. The van der Waals surface area contributed by atoms with Crippen LogP contribution in [0.3, 0.4) is 0 Å². The Morgan fingerprint density at radius 1 is 1.40 bits per heavy atom. The standard InChI is InChI=1S/C10H16N4O/c1-8-12-10(7-9(11)14(8)15)13-5-3-2-4-6-13/h7H,2-6,11H2,1H3. The van der Waals surface area contributed by atoms with Crippen molar-refractivity contribution in [2.24, 2.45) is 0 Å². The highest BCUT2D eigenvalue weighted by molar-refractivity contribution is 5.44. The smallest absolute Gasteiger partial charge is 0.238 e. The quantitative estimate of drug-likeness (QED) is 0.542. The number of aromatic nitrogens is 2. The first-order valence-electron chi connectivity index (χ1n) is 5.30. The van der Waals surface area contributed by atoms with Gasteiger partial charge in [0.1, 0.15) is 0 Å². The molecule has 1 fully saturated rings. The minimum absolute atomic E-state index is 0.225. The first-order valence-corrected chi connectivity index (χ1v) is 5.30. The second kappa shape index (κ2) is 3.92. The lowest BCUT2D eigenvalue weighted by Gasteiger charge is -2.26. The molecule has 1 aliphatic rings. The fraction of sp³-hybridized carbons (Fsp3) is 0.600. The number of piperidine rings is 1. The average Bonchev–Trinajstić information content (AvgIpc) is 2.26. The van der Waals surface area contributed by atoms with E-state index in [1.165, 1.54) is 19.3 Å². The molecule has 0 unspecified atom stereocenters. The number of anilines is 2. The molecule has 0 bridgehead atoms. The summed E-state index contributed by atoms with van der Waals surface area (Å²) in [7, 11) is 0. The minimum atomic E-state index is 0.225. The van der Waals surface area contributed by atoms with E-state index in [0.717, 1.165) is 18.9 Å². The van der Waals surface area contributed by atoms with E-state index in [1.54, 1.807) is 13.0 Å². The van der Waals surface area contributed by atoms with Crippen LogP contribution in [0.1, 0.15) is 25.1 Å². The van der Waals surface area contributed by atoms with E-state index in [0.29, 0.717) is 10.6 Å². The van der Waals surface area contributed by atoms with E-state index in [2.05, 4.69) is 9.88 Å². The van der Waals surface area contributed by atoms with Gasteiger partial charge in [-0.1, -0.05) is 4.98 Å². The molecule has 5 nitrogen and oxygen atoms in total. The summed E-state index contributed by atoms with van der Waals surface area (Å²) in [5, 5.41) is 11.3. The monoisotopic (exact) mass is 208 g/mol. The fourth-order valence-electron chi connectivity index (χ4n) is 1.91. The lowest BCUT2D eigenvalue weighted by atomic mass is 10.1. The molecular formula is C10H16N4O. The summed E-state index contributed by atoms with van der Waals surface area (Å²) < 4.78 is 0.660. The molecule has 2 rings (SSSR count). The summed E-state index contributed by atoms with van der Waals surface area (Å²) in [6.07, 6.45) is 3.65. The maximum absolute atomic E-state index is 11.3. The molecular weight excluding hydrogens is 192 g/mol. The minimum Gasteiger partial charge on any atom is -0.740 e. The zero-order valence-electron chi connectivity index (χ0n) is 8.94. The Balaban J connectivity index is 2.27. The van der Waals surface area contributed by atoms with E-state index >= 15 is 0 Å². The van der Waals surface area contributed by atoms with E-state index in [9.17, 15) is 5.21 Å². The van der Waals surface area contributed by atoms with Crippen molar-refractivity contribution in [2.75, 3.05) is 23.7 Å². The van der Waals surface area contributed by atoms with Gasteiger partial charge in [0.05, 0.1) is 6.07 Å². The summed E-state index contributed by atoms with van der Waals surface area (Å²) >= 11 is 0. The number of rotatable bonds is 1. The summed E-state index contributed by atoms with van der Waals surface area (Å²) in [4.78, 5) is 6.44. The van der Waals surface area contributed by atoms with Crippen molar-refractivity contribution in [3.63, 3.8) is 0 Å². The van der Waals surface area contributed by atoms with Crippen LogP contribution in [-0.2, 0) is 0 Å². The molecule has 0 aliphatic carbocycles. The number of nitrogen functional groups attached to an aromatic ring is 1. The Kier molecular flexibility index (Phi) is 2.62. The highest BCUT2D eigenvalue weighted by Gasteiger charge is 2.17. The van der Waals surface area contributed by atoms with Gasteiger partial charge in [0.15, 0.2) is 0 Å². The molecule has 0 saturated carbocycles. The largest absolute Gasteiger partial charge is 0.740 e. The molecule has 0 amide bonds. The molecule has 0 atom stereocenters. The third-order valence-electron chi connectivity index (χ3n) is 2.76. The van der Waals surface area contributed by atoms with Crippen LogP contribution >= 0.6 is 0 Å². The average molecular weight is 208 g/mol. The van der Waals surface area contributed by atoms with Crippen LogP contribution < -0.4 is 15.4 Å². The Bertz CT molecular complexity index is 337. The lowest BCUT2D eigenvalue weighted by molar-refractivity contribution is -0.600. The fourth-order valence-corrected chi connectivity index (χ4v) is 1.91. The zero-order chi connectivity index (χ0) is 10.8. The number of hydrogen-bond donors (Lipinski definition) is 1. The van der Waals surface area contributed by atoms with Gasteiger partial charge in [0, 0.05) is 20.0 Å². The summed E-state index contributed by atoms with van der Waals surface area (Å²) in [5.74, 6) is 1.47. The van der Waals surface area contributed by atoms with Crippen LogP contribution in [0.15, 0.2) is 6.07 Å². The molecule has 82 valence electrons. The van der Waals surface area contributed by atoms with Crippen molar-refractivity contribution in [2.45, 2.75) is 26.2 Å². The zero-order valence-corrected chi connectivity index (χ0v) is 8.94. The normalized spacial score (nSPS) is 16.7. The second-order valence-electron chi connectivity index (χ2n) is 3.93. The first-order chi connectivity index (χ1) is 7.18. The molecule has 5 heteroatoms. The van der Waals surface area contributed by atoms with Crippen molar-refractivity contribution < 1.29 is 4.73 Å². The van der Waals surface area contributed by atoms with Gasteiger partial charge in [-0.25, -0.2) is 4.73 Å². The van der Waals surface area contributed by atoms with Crippen LogP contribution in [0.4, 0.5) is 11.6 Å². The van der Waals surface area contributed by atoms with Crippen LogP contribution in [0.5, 0.6) is 0 Å². The Hall–Kier alpha value is -1.52. The first kappa shape index (κ1) is 10.0. The van der Waals surface area contributed by atoms with Gasteiger partial charge in [-0.3, -0.25) is 0 Å². The van der Waals surface area contributed by atoms with E-state index in [1.807, 2.05) is 0 Å². The van der Waals surface area contributed by atoms with Crippen molar-refractivity contribution in [1.29, 1.82) is 0 Å². The Morgan fingerprint density at radius 2 is 2.07 bits per heavy atom. The highest BCUT2D eigenvalue weighted by Crippen LogP contribution is 2.18. The van der Waals surface area contributed by atoms with E-state index in [4.69, 9.17) is 5.73 Å². The van der Waals surface area contributed by atoms with Gasteiger partial charge in [0.25, 0.3) is 0 Å². The lowest BCUT2D eigenvalue weighted by Crippen LogP contribution is -2.38. The summed E-state index contributed by atoms with van der Waals surface area (Å²) in [6.45, 7) is 3.69. The molecule has 0 spiro atoms. The number of nitrogens with zero attached hydrogens (tertiary/aromatic N) is 3. The van der Waals surface area contributed by atoms with Gasteiger partial charge in [0.2, 0.25) is 17.5 Å². The van der Waals surface area contributed by atoms with Gasteiger partial charge in [-0.2, -0.15) is 0 Å². The van der Waals surface area contributed by atoms with Crippen molar-refractivity contribution in [1.82, 2.24) is 4.98 Å². The molecule has 0 radical (unpaired) electrons. The van der Waals surface area contributed by atoms with Crippen LogP contribution in [0.2, 0.25) is 0 Å². The van der Waals surface area contributed by atoms with Crippen molar-refractivity contribution in [3.8, 4) is 0 Å². The Morgan fingerprint density at radius 3 is 2.67 bits per heavy atom. The van der Waals surface area contributed by atoms with Crippen molar-refractivity contribution >= 4 is 11.6 Å². The van der Waals surface area contributed by atoms with Gasteiger partial charge >= 0.3 is 0 Å². The number of hydrogen-bond acceptors (Lipinski definition) is 4. The molecule has 1 saturated heterocycles. The summed E-state index contributed by atoms with van der Waals surface area (Å²) in [6, 6.07) is 1.66. The molecule has 1 aliphatic heterocycles. The topological polar surface area (TPSA) is 69.1 Å². The molecule has 1 aromatic rings. The van der Waals surface area contributed by atoms with Crippen LogP contribution in [0.25, 0.3) is 0 Å². The van der Waals surface area contributed by atoms with Crippen molar-refractivity contribution in [3.05, 3.63) is 17.1 Å². The number of aryl methyl sites for hydroxylation is 1. The molecule has 2 N–H and O–H groups in total. The van der Waals surface area contributed by atoms with Crippen LogP contribution in [0, 0.1) is 12.1 Å². The molecule has 0 aromatic carbocycles. The van der Waals surface area contributed by atoms with Gasteiger partial charge in [-0.15, -0.1) is 0 Å². The van der Waals surface area contributed by atoms with Gasteiger partial charge in [-0.05, 0) is 19.3 Å². The van der Waals surface area contributed by atoms with E-state index < -0.39 is 0 Å². The third-order valence-corrected chi connectivity index (χ3v) is 2.76. The predicted octanol–water partition coefficient (Wildman–Crippen LogP) is 0.596. The third kappa shape index (κ3) is 1.95. The van der Waals surface area contributed by atoms with Crippen LogP contribution in [-0.4, -0.2) is 18.1 Å². The SMILES string of the molecule is Cc1nc(N2CCCCC2)cc(N)[n+]1[O-]. The van der Waals surface area contributed by atoms with Gasteiger partial charge < -0.3 is 15.8 Å². The molecule has 1 aromatic heterocycles. The molecule has 2 heterocycles.